The van der Waals surface area contributed by atoms with Crippen LogP contribution in [-0.2, 0) is 0 Å². The van der Waals surface area contributed by atoms with E-state index >= 15 is 0 Å². The van der Waals surface area contributed by atoms with Gasteiger partial charge in [-0.05, 0) is 5.53 Å². The fourth-order valence-electron chi connectivity index (χ4n) is 1.56. The van der Waals surface area contributed by atoms with Crippen LogP contribution >= 0.6 is 0 Å². The highest BCUT2D eigenvalue weighted by atomic mass is 16.2. The van der Waals surface area contributed by atoms with Crippen LogP contribution < -0.4 is 5.32 Å². The Kier molecular flexibility index (Phi) is 4.73. The van der Waals surface area contributed by atoms with Gasteiger partial charge in [-0.2, -0.15) is 0 Å². The molecule has 1 rings (SSSR count). The number of carbonyl (C=O) groups excluding carboxylic acids is 1. The Morgan fingerprint density at radius 1 is 1.47 bits per heavy atom. The van der Waals surface area contributed by atoms with E-state index in [1.54, 1.807) is 11.9 Å². The van der Waals surface area contributed by atoms with Crippen LogP contribution in [0.5, 0.6) is 0 Å². The number of nitrogens with zero attached hydrogens (tertiary/aromatic N) is 5. The molecule has 15 heavy (non-hydrogen) atoms. The largest absolute Gasteiger partial charge is 0.341 e. The predicted octanol–water partition coefficient (Wildman–Crippen LogP) is 0.254. The number of urea groups is 1. The number of nitrogens with one attached hydrogen (secondary N) is 1. The Bertz CT molecular complexity index is 254. The summed E-state index contributed by atoms with van der Waals surface area (Å²) in [7, 11) is 1.64. The lowest BCUT2D eigenvalue weighted by atomic mass is 10.3. The standard InChI is InChI=1S/C8H16N6O/c1-10-8(15)14-6-4-13(5-7-14)3-2-11-12-9/h2-7H2,1H3,(H,10,15). The monoisotopic (exact) mass is 212 g/mol. The molecule has 0 bridgehead atoms. The van der Waals surface area contributed by atoms with E-state index < -0.39 is 0 Å². The summed E-state index contributed by atoms with van der Waals surface area (Å²) in [4.78, 5) is 17.9. The molecule has 1 heterocycles. The number of hydrogen-bond donors (Lipinski definition) is 1. The van der Waals surface area contributed by atoms with Gasteiger partial charge in [-0.25, -0.2) is 4.79 Å². The summed E-state index contributed by atoms with van der Waals surface area (Å²) < 4.78 is 0. The molecule has 1 aliphatic rings. The molecule has 1 fully saturated rings. The first kappa shape index (κ1) is 11.6. The molecule has 84 valence electrons. The second kappa shape index (κ2) is 6.10. The third-order valence-corrected chi connectivity index (χ3v) is 2.45. The molecule has 0 spiro atoms. The van der Waals surface area contributed by atoms with Crippen molar-refractivity contribution in [2.75, 3.05) is 46.3 Å². The third kappa shape index (κ3) is 3.65. The molecule has 0 radical (unpaired) electrons. The average Bonchev–Trinajstić information content (AvgIpc) is 2.29. The van der Waals surface area contributed by atoms with Crippen LogP contribution in [-0.4, -0.2) is 62.1 Å². The highest BCUT2D eigenvalue weighted by Gasteiger charge is 2.19. The van der Waals surface area contributed by atoms with E-state index in [0.29, 0.717) is 6.54 Å². The van der Waals surface area contributed by atoms with Gasteiger partial charge in [0.05, 0.1) is 0 Å². The summed E-state index contributed by atoms with van der Waals surface area (Å²) in [6.45, 7) is 4.41. The number of hydrogen-bond acceptors (Lipinski definition) is 3. The number of piperazine rings is 1. The van der Waals surface area contributed by atoms with Crippen LogP contribution in [0.4, 0.5) is 4.79 Å². The second-order valence-corrected chi connectivity index (χ2v) is 3.34. The number of carbonyl (C=O) groups is 1. The molecule has 0 aliphatic carbocycles. The molecule has 1 saturated heterocycles. The Morgan fingerprint density at radius 2 is 2.13 bits per heavy atom. The number of amides is 2. The fraction of sp³-hybridized carbons (Fsp3) is 0.875. The van der Waals surface area contributed by atoms with E-state index in [2.05, 4.69) is 20.2 Å². The van der Waals surface area contributed by atoms with Gasteiger partial charge in [-0.1, -0.05) is 5.11 Å². The molecular formula is C8H16N6O. The minimum Gasteiger partial charge on any atom is -0.341 e. The Morgan fingerprint density at radius 3 is 2.67 bits per heavy atom. The van der Waals surface area contributed by atoms with Gasteiger partial charge in [0.1, 0.15) is 0 Å². The van der Waals surface area contributed by atoms with Gasteiger partial charge in [0.25, 0.3) is 0 Å². The van der Waals surface area contributed by atoms with Crippen molar-refractivity contribution < 1.29 is 4.79 Å². The summed E-state index contributed by atoms with van der Waals surface area (Å²) in [5.74, 6) is 0. The van der Waals surface area contributed by atoms with Crippen molar-refractivity contribution in [2.24, 2.45) is 5.11 Å². The predicted molar refractivity (Wildman–Crippen MR) is 56.5 cm³/mol. The van der Waals surface area contributed by atoms with E-state index in [1.165, 1.54) is 0 Å². The Labute approximate surface area is 88.7 Å². The van der Waals surface area contributed by atoms with Gasteiger partial charge in [0.2, 0.25) is 0 Å². The highest BCUT2D eigenvalue weighted by molar-refractivity contribution is 5.73. The van der Waals surface area contributed by atoms with Crippen LogP contribution in [0.2, 0.25) is 0 Å². The summed E-state index contributed by atoms with van der Waals surface area (Å²) in [5, 5.41) is 6.09. The minimum atomic E-state index is -0.0234. The summed E-state index contributed by atoms with van der Waals surface area (Å²) in [6.07, 6.45) is 0. The van der Waals surface area contributed by atoms with Gasteiger partial charge >= 0.3 is 6.03 Å². The van der Waals surface area contributed by atoms with Crippen molar-refractivity contribution in [3.05, 3.63) is 10.4 Å². The Balaban J connectivity index is 2.23. The van der Waals surface area contributed by atoms with Crippen molar-refractivity contribution in [3.63, 3.8) is 0 Å². The molecule has 0 aromatic carbocycles. The van der Waals surface area contributed by atoms with Crippen LogP contribution in [0.3, 0.4) is 0 Å². The topological polar surface area (TPSA) is 84.3 Å². The highest BCUT2D eigenvalue weighted by Crippen LogP contribution is 2.01. The first-order chi connectivity index (χ1) is 7.27. The van der Waals surface area contributed by atoms with Gasteiger partial charge in [0.15, 0.2) is 0 Å². The molecule has 0 unspecified atom stereocenters. The first-order valence-electron chi connectivity index (χ1n) is 4.98. The lowest BCUT2D eigenvalue weighted by Gasteiger charge is -2.34. The SMILES string of the molecule is CNC(=O)N1CCN(CCN=[N+]=[N-])CC1. The first-order valence-corrected chi connectivity index (χ1v) is 4.98. The molecular weight excluding hydrogens is 196 g/mol. The van der Waals surface area contributed by atoms with E-state index in [4.69, 9.17) is 5.53 Å². The zero-order valence-electron chi connectivity index (χ0n) is 8.89. The van der Waals surface area contributed by atoms with E-state index in [1.807, 2.05) is 0 Å². The lowest BCUT2D eigenvalue weighted by Crippen LogP contribution is -2.51. The van der Waals surface area contributed by atoms with Crippen molar-refractivity contribution in [1.82, 2.24) is 15.1 Å². The molecule has 1 N–H and O–H groups in total. The quantitative estimate of drug-likeness (QED) is 0.413. The zero-order valence-corrected chi connectivity index (χ0v) is 8.89. The van der Waals surface area contributed by atoms with Gasteiger partial charge in [-0.15, -0.1) is 0 Å². The maximum Gasteiger partial charge on any atom is 0.317 e. The third-order valence-electron chi connectivity index (χ3n) is 2.45. The van der Waals surface area contributed by atoms with E-state index in [-0.39, 0.29) is 6.03 Å². The van der Waals surface area contributed by atoms with Crippen LogP contribution in [0.25, 0.3) is 10.4 Å². The maximum absolute atomic E-state index is 11.3. The molecule has 7 nitrogen and oxygen atoms in total. The molecule has 1 aliphatic heterocycles. The zero-order chi connectivity index (χ0) is 11.1. The van der Waals surface area contributed by atoms with Crippen molar-refractivity contribution >= 4 is 6.03 Å². The van der Waals surface area contributed by atoms with Gasteiger partial charge in [0, 0.05) is 51.2 Å². The average molecular weight is 212 g/mol. The van der Waals surface area contributed by atoms with E-state index in [0.717, 1.165) is 32.7 Å². The van der Waals surface area contributed by atoms with Crippen molar-refractivity contribution in [3.8, 4) is 0 Å². The molecule has 0 aromatic heterocycles. The molecule has 0 aromatic rings. The summed E-state index contributed by atoms with van der Waals surface area (Å²) in [6, 6.07) is -0.0234. The summed E-state index contributed by atoms with van der Waals surface area (Å²) in [5.41, 5.74) is 8.12. The van der Waals surface area contributed by atoms with Gasteiger partial charge in [-0.3, -0.25) is 4.90 Å². The smallest absolute Gasteiger partial charge is 0.317 e. The molecule has 0 atom stereocenters. The molecule has 0 saturated carbocycles. The normalized spacial score (nSPS) is 17.0. The van der Waals surface area contributed by atoms with Gasteiger partial charge < -0.3 is 10.2 Å². The second-order valence-electron chi connectivity index (χ2n) is 3.34. The lowest BCUT2D eigenvalue weighted by molar-refractivity contribution is 0.142. The van der Waals surface area contributed by atoms with Crippen molar-refractivity contribution in [2.45, 2.75) is 0 Å². The molecule has 2 amide bonds. The fourth-order valence-corrected chi connectivity index (χ4v) is 1.56. The van der Waals surface area contributed by atoms with Crippen LogP contribution in [0.15, 0.2) is 5.11 Å². The minimum absolute atomic E-state index is 0.0234. The Hall–Kier alpha value is -1.46. The van der Waals surface area contributed by atoms with Crippen LogP contribution in [0, 0.1) is 0 Å². The van der Waals surface area contributed by atoms with E-state index in [9.17, 15) is 4.79 Å². The number of rotatable bonds is 3. The van der Waals surface area contributed by atoms with Crippen LogP contribution in [0.1, 0.15) is 0 Å². The number of azide groups is 1. The summed E-state index contributed by atoms with van der Waals surface area (Å²) >= 11 is 0. The molecule has 7 heteroatoms. The maximum atomic E-state index is 11.3. The van der Waals surface area contributed by atoms with Crippen molar-refractivity contribution in [1.29, 1.82) is 0 Å².